The zero-order chi connectivity index (χ0) is 20.0. The van der Waals surface area contributed by atoms with Crippen LogP contribution in [0, 0.1) is 16.0 Å². The van der Waals surface area contributed by atoms with Gasteiger partial charge in [0.05, 0.1) is 22.5 Å². The summed E-state index contributed by atoms with van der Waals surface area (Å²) in [6.07, 6.45) is 0.742. The monoisotopic (exact) mass is 401 g/mol. The van der Waals surface area contributed by atoms with Crippen molar-refractivity contribution in [3.8, 4) is 0 Å². The van der Waals surface area contributed by atoms with Gasteiger partial charge in [-0.15, -0.1) is 0 Å². The van der Waals surface area contributed by atoms with Gasteiger partial charge in [0.2, 0.25) is 10.0 Å². The molecule has 27 heavy (non-hydrogen) atoms. The third-order valence-electron chi connectivity index (χ3n) is 4.16. The number of benzene rings is 1. The zero-order valence-electron chi connectivity index (χ0n) is 15.6. The fraction of sp³-hybridized carbons (Fsp3) is 0.647. The molecule has 0 bridgehead atoms. The predicted octanol–water partition coefficient (Wildman–Crippen LogP) is 1.82. The minimum absolute atomic E-state index is 0.0527. The highest BCUT2D eigenvalue weighted by molar-refractivity contribution is 7.89. The molecule has 1 aromatic carbocycles. The SMILES string of the molecule is CC(C)COCC(O)CNc1ccc(S(=O)(=O)N2CCCC2)cc1[N+](=O)[O-]. The zero-order valence-corrected chi connectivity index (χ0v) is 16.4. The average molecular weight is 401 g/mol. The number of hydrogen-bond acceptors (Lipinski definition) is 7. The van der Waals surface area contributed by atoms with Crippen LogP contribution >= 0.6 is 0 Å². The van der Waals surface area contributed by atoms with E-state index in [-0.39, 0.29) is 29.4 Å². The molecule has 0 aromatic heterocycles. The van der Waals surface area contributed by atoms with Crippen LogP contribution in [-0.4, -0.2) is 61.7 Å². The Morgan fingerprint density at radius 2 is 1.96 bits per heavy atom. The molecule has 1 aliphatic rings. The molecule has 10 heteroatoms. The van der Waals surface area contributed by atoms with E-state index < -0.39 is 21.1 Å². The third kappa shape index (κ3) is 5.86. The maximum atomic E-state index is 12.6. The number of sulfonamides is 1. The molecule has 1 aliphatic heterocycles. The van der Waals surface area contributed by atoms with Crippen molar-refractivity contribution in [1.29, 1.82) is 0 Å². The summed E-state index contributed by atoms with van der Waals surface area (Å²) in [7, 11) is -3.73. The van der Waals surface area contributed by atoms with Crippen LogP contribution < -0.4 is 5.32 Å². The highest BCUT2D eigenvalue weighted by atomic mass is 32.2. The first-order valence-corrected chi connectivity index (χ1v) is 10.4. The summed E-state index contributed by atoms with van der Waals surface area (Å²) < 4.78 is 31.8. The van der Waals surface area contributed by atoms with Gasteiger partial charge in [0.1, 0.15) is 5.69 Å². The van der Waals surface area contributed by atoms with E-state index >= 15 is 0 Å². The molecule has 1 fully saturated rings. The standard InChI is InChI=1S/C17H27N3O6S/c1-13(2)11-26-12-14(21)10-18-16-6-5-15(9-17(16)20(22)23)27(24,25)19-7-3-4-8-19/h5-6,9,13-14,18,21H,3-4,7-8,10-12H2,1-2H3. The first kappa shape index (κ1) is 21.5. The Labute approximate surface area is 159 Å². The molecule has 2 rings (SSSR count). The lowest BCUT2D eigenvalue weighted by atomic mass is 10.2. The fourth-order valence-corrected chi connectivity index (χ4v) is 4.31. The number of rotatable bonds is 10. The second-order valence-electron chi connectivity index (χ2n) is 7.01. The highest BCUT2D eigenvalue weighted by Crippen LogP contribution is 2.30. The van der Waals surface area contributed by atoms with Gasteiger partial charge in [0, 0.05) is 32.3 Å². The average Bonchev–Trinajstić information content (AvgIpc) is 3.14. The molecule has 0 amide bonds. The number of ether oxygens (including phenoxy) is 1. The molecule has 0 aliphatic carbocycles. The number of aliphatic hydroxyl groups is 1. The summed E-state index contributed by atoms with van der Waals surface area (Å²) in [6, 6.07) is 3.78. The van der Waals surface area contributed by atoms with Crippen LogP contribution in [0.2, 0.25) is 0 Å². The molecular formula is C17H27N3O6S. The van der Waals surface area contributed by atoms with Crippen molar-refractivity contribution < 1.29 is 23.2 Å². The Bertz CT molecular complexity index is 747. The van der Waals surface area contributed by atoms with Crippen LogP contribution in [0.15, 0.2) is 23.1 Å². The first-order valence-electron chi connectivity index (χ1n) is 9.00. The van der Waals surface area contributed by atoms with Crippen LogP contribution in [-0.2, 0) is 14.8 Å². The van der Waals surface area contributed by atoms with Crippen molar-refractivity contribution in [1.82, 2.24) is 4.31 Å². The smallest absolute Gasteiger partial charge is 0.293 e. The summed E-state index contributed by atoms with van der Waals surface area (Å²) in [5.41, 5.74) is -0.186. The number of hydrogen-bond donors (Lipinski definition) is 2. The number of nitrogens with one attached hydrogen (secondary N) is 1. The maximum absolute atomic E-state index is 12.6. The van der Waals surface area contributed by atoms with Gasteiger partial charge >= 0.3 is 0 Å². The minimum atomic E-state index is -3.73. The highest BCUT2D eigenvalue weighted by Gasteiger charge is 2.29. The number of nitro benzene ring substituents is 1. The molecule has 0 saturated carbocycles. The number of aliphatic hydroxyl groups excluding tert-OH is 1. The van der Waals surface area contributed by atoms with Crippen LogP contribution in [0.4, 0.5) is 11.4 Å². The summed E-state index contributed by atoms with van der Waals surface area (Å²) in [6.45, 7) is 5.52. The molecule has 9 nitrogen and oxygen atoms in total. The quantitative estimate of drug-likeness (QED) is 0.453. The molecule has 2 N–H and O–H groups in total. The lowest BCUT2D eigenvalue weighted by Crippen LogP contribution is -2.28. The van der Waals surface area contributed by atoms with Gasteiger partial charge in [-0.25, -0.2) is 8.42 Å². The largest absolute Gasteiger partial charge is 0.389 e. The Kier molecular flexibility index (Phi) is 7.54. The molecular weight excluding hydrogens is 374 g/mol. The van der Waals surface area contributed by atoms with Crippen molar-refractivity contribution in [3.05, 3.63) is 28.3 Å². The lowest BCUT2D eigenvalue weighted by Gasteiger charge is -2.17. The topological polar surface area (TPSA) is 122 Å². The van der Waals surface area contributed by atoms with E-state index in [1.165, 1.54) is 16.4 Å². The van der Waals surface area contributed by atoms with Crippen LogP contribution in [0.5, 0.6) is 0 Å². The van der Waals surface area contributed by atoms with Crippen molar-refractivity contribution >= 4 is 21.4 Å². The van der Waals surface area contributed by atoms with E-state index in [0.717, 1.165) is 18.9 Å². The Hall–Kier alpha value is -1.75. The van der Waals surface area contributed by atoms with Gasteiger partial charge in [-0.1, -0.05) is 13.8 Å². The summed E-state index contributed by atoms with van der Waals surface area (Å²) in [5.74, 6) is 0.344. The van der Waals surface area contributed by atoms with Gasteiger partial charge in [-0.3, -0.25) is 10.1 Å². The van der Waals surface area contributed by atoms with E-state index in [2.05, 4.69) is 5.32 Å². The molecule has 1 unspecified atom stereocenters. The van der Waals surface area contributed by atoms with E-state index in [9.17, 15) is 23.6 Å². The lowest BCUT2D eigenvalue weighted by molar-refractivity contribution is -0.384. The number of nitro groups is 1. The first-order chi connectivity index (χ1) is 12.7. The number of anilines is 1. The summed E-state index contributed by atoms with van der Waals surface area (Å²) in [4.78, 5) is 10.7. The number of nitrogens with zero attached hydrogens (tertiary/aromatic N) is 2. The molecule has 1 heterocycles. The predicted molar refractivity (Wildman–Crippen MR) is 101 cm³/mol. The van der Waals surface area contributed by atoms with Crippen molar-refractivity contribution in [2.24, 2.45) is 5.92 Å². The summed E-state index contributed by atoms with van der Waals surface area (Å²) >= 11 is 0. The Morgan fingerprint density at radius 3 is 2.56 bits per heavy atom. The molecule has 1 saturated heterocycles. The van der Waals surface area contributed by atoms with Crippen molar-refractivity contribution in [2.75, 3.05) is 38.2 Å². The van der Waals surface area contributed by atoms with E-state index in [1.807, 2.05) is 13.8 Å². The van der Waals surface area contributed by atoms with Crippen LogP contribution in [0.3, 0.4) is 0 Å². The fourth-order valence-electron chi connectivity index (χ4n) is 2.78. The van der Waals surface area contributed by atoms with Crippen molar-refractivity contribution in [2.45, 2.75) is 37.7 Å². The van der Waals surface area contributed by atoms with E-state index in [0.29, 0.717) is 25.6 Å². The third-order valence-corrected chi connectivity index (χ3v) is 6.05. The molecule has 0 radical (unpaired) electrons. The normalized spacial score (nSPS) is 16.6. The molecule has 152 valence electrons. The van der Waals surface area contributed by atoms with Gasteiger partial charge in [-0.05, 0) is 30.9 Å². The maximum Gasteiger partial charge on any atom is 0.293 e. The van der Waals surface area contributed by atoms with Gasteiger partial charge in [0.25, 0.3) is 5.69 Å². The van der Waals surface area contributed by atoms with Gasteiger partial charge in [-0.2, -0.15) is 4.31 Å². The van der Waals surface area contributed by atoms with Crippen molar-refractivity contribution in [3.63, 3.8) is 0 Å². The molecule has 1 atom stereocenters. The second-order valence-corrected chi connectivity index (χ2v) is 8.95. The second kappa shape index (κ2) is 9.45. The van der Waals surface area contributed by atoms with Crippen LogP contribution in [0.25, 0.3) is 0 Å². The minimum Gasteiger partial charge on any atom is -0.389 e. The summed E-state index contributed by atoms with van der Waals surface area (Å²) in [5, 5.41) is 24.1. The Balaban J connectivity index is 2.08. The van der Waals surface area contributed by atoms with Crippen LogP contribution in [0.1, 0.15) is 26.7 Å². The van der Waals surface area contributed by atoms with Gasteiger partial charge in [0.15, 0.2) is 0 Å². The molecule has 1 aromatic rings. The molecule has 0 spiro atoms. The van der Waals surface area contributed by atoms with E-state index in [1.54, 1.807) is 0 Å². The van der Waals surface area contributed by atoms with Gasteiger partial charge < -0.3 is 15.2 Å². The Morgan fingerprint density at radius 1 is 1.30 bits per heavy atom. The van der Waals surface area contributed by atoms with E-state index in [4.69, 9.17) is 4.74 Å².